The maximum absolute atomic E-state index is 14.9. The third kappa shape index (κ3) is 4.40. The minimum atomic E-state index is -1.07. The molecule has 5 rings (SSSR count). The molecule has 38 heavy (non-hydrogen) atoms. The van der Waals surface area contributed by atoms with Crippen molar-refractivity contribution in [3.05, 3.63) is 58.1 Å². The molecule has 6 nitrogen and oxygen atoms in total. The van der Waals surface area contributed by atoms with E-state index in [1.165, 1.54) is 7.11 Å². The van der Waals surface area contributed by atoms with Crippen molar-refractivity contribution in [2.45, 2.75) is 50.4 Å². The van der Waals surface area contributed by atoms with Gasteiger partial charge < -0.3 is 19.7 Å². The third-order valence-electron chi connectivity index (χ3n) is 8.97. The fraction of sp³-hybridized carbons (Fsp3) is 0.517. The molecule has 1 aliphatic heterocycles. The van der Waals surface area contributed by atoms with E-state index >= 15 is 0 Å². The Morgan fingerprint density at radius 3 is 2.53 bits per heavy atom. The fourth-order valence-electron chi connectivity index (χ4n) is 6.98. The Morgan fingerprint density at radius 2 is 1.84 bits per heavy atom. The maximum Gasteiger partial charge on any atom is 0.254 e. The maximum atomic E-state index is 14.9. The first-order chi connectivity index (χ1) is 18.2. The molecule has 2 aromatic rings. The molecule has 1 N–H and O–H groups in total. The zero-order chi connectivity index (χ0) is 27.1. The van der Waals surface area contributed by atoms with Gasteiger partial charge in [0.1, 0.15) is 0 Å². The van der Waals surface area contributed by atoms with E-state index < -0.39 is 28.7 Å². The molecule has 1 saturated heterocycles. The molecule has 0 spiro atoms. The van der Waals surface area contributed by atoms with Gasteiger partial charge in [0.2, 0.25) is 11.7 Å². The van der Waals surface area contributed by atoms with Gasteiger partial charge in [-0.05, 0) is 55.4 Å². The van der Waals surface area contributed by atoms with Gasteiger partial charge in [0.05, 0.1) is 25.2 Å². The van der Waals surface area contributed by atoms with Gasteiger partial charge in [0.15, 0.2) is 17.3 Å². The van der Waals surface area contributed by atoms with Crippen LogP contribution in [0.5, 0.6) is 11.5 Å². The second-order valence-electron chi connectivity index (χ2n) is 10.9. The van der Waals surface area contributed by atoms with E-state index in [0.717, 1.165) is 63.7 Å². The van der Waals surface area contributed by atoms with Crippen molar-refractivity contribution in [3.8, 4) is 11.5 Å². The predicted molar refractivity (Wildman–Crippen MR) is 140 cm³/mol. The first kappa shape index (κ1) is 26.7. The van der Waals surface area contributed by atoms with Crippen LogP contribution in [0.25, 0.3) is 0 Å². The number of fused-ring (bicyclic) bond motifs is 1. The average molecular weight is 547 g/mol. The molecule has 2 aromatic carbocycles. The van der Waals surface area contributed by atoms with Crippen LogP contribution in [0.1, 0.15) is 60.9 Å². The number of nitrogens with one attached hydrogen (secondary N) is 1. The number of nitrogens with zero attached hydrogens (tertiary/aromatic N) is 1. The van der Waals surface area contributed by atoms with Crippen molar-refractivity contribution in [2.75, 3.05) is 33.9 Å². The average Bonchev–Trinajstić information content (AvgIpc) is 3.63. The van der Waals surface area contributed by atoms with Gasteiger partial charge in [-0.2, -0.15) is 4.39 Å². The number of ether oxygens (including phenoxy) is 2. The number of amides is 2. The summed E-state index contributed by atoms with van der Waals surface area (Å²) in [6, 6.07) is 8.69. The molecule has 2 amide bonds. The van der Waals surface area contributed by atoms with Crippen LogP contribution in [0.4, 0.5) is 8.78 Å². The van der Waals surface area contributed by atoms with E-state index in [1.807, 2.05) is 29.2 Å². The minimum Gasteiger partial charge on any atom is -0.494 e. The summed E-state index contributed by atoms with van der Waals surface area (Å²) in [6.45, 7) is 1.48. The van der Waals surface area contributed by atoms with Gasteiger partial charge in [-0.3, -0.25) is 9.59 Å². The van der Waals surface area contributed by atoms with Crippen LogP contribution < -0.4 is 14.8 Å². The molecule has 0 bridgehead atoms. The lowest BCUT2D eigenvalue weighted by atomic mass is 9.77. The molecule has 2 saturated carbocycles. The normalized spacial score (nSPS) is 23.8. The van der Waals surface area contributed by atoms with Gasteiger partial charge in [-0.1, -0.05) is 43.0 Å². The van der Waals surface area contributed by atoms with E-state index in [4.69, 9.17) is 21.1 Å². The number of methoxy groups -OCH3 is 2. The van der Waals surface area contributed by atoms with Crippen LogP contribution in [-0.4, -0.2) is 50.6 Å². The number of halogens is 3. The number of rotatable bonds is 7. The van der Waals surface area contributed by atoms with E-state index in [1.54, 1.807) is 0 Å². The Hall–Kier alpha value is -2.87. The third-order valence-corrected chi connectivity index (χ3v) is 9.20. The molecule has 2 atom stereocenters. The van der Waals surface area contributed by atoms with E-state index in [2.05, 4.69) is 5.32 Å². The Morgan fingerprint density at radius 1 is 1.08 bits per heavy atom. The summed E-state index contributed by atoms with van der Waals surface area (Å²) in [5.74, 6) is -3.29. The standard InChI is InChI=1S/C29H33ClF2N2O4/c1-37-22-14-21(23(31)25(38-2)24(22)32)26(35)33-16-28-10-6-8-19(28)15-34(17-28)27(36)29(11-3-4-12-29)18-7-5-9-20(30)13-18/h5,7,9,13-14,19H,3-4,6,8,10-12,15-17H2,1-2H3,(H,33,35)/t19-,28-/m0/s1. The van der Waals surface area contributed by atoms with E-state index in [-0.39, 0.29) is 28.6 Å². The van der Waals surface area contributed by atoms with Crippen molar-refractivity contribution >= 4 is 23.4 Å². The summed E-state index contributed by atoms with van der Waals surface area (Å²) in [7, 11) is 2.37. The van der Waals surface area contributed by atoms with Crippen LogP contribution >= 0.6 is 11.6 Å². The molecule has 3 aliphatic rings. The van der Waals surface area contributed by atoms with E-state index in [9.17, 15) is 18.4 Å². The molecular weight excluding hydrogens is 514 g/mol. The fourth-order valence-corrected chi connectivity index (χ4v) is 7.17. The highest BCUT2D eigenvalue weighted by molar-refractivity contribution is 6.30. The summed E-state index contributed by atoms with van der Waals surface area (Å²) in [4.78, 5) is 29.2. The van der Waals surface area contributed by atoms with Crippen molar-refractivity contribution in [1.82, 2.24) is 10.2 Å². The lowest BCUT2D eigenvalue weighted by molar-refractivity contribution is -0.136. The summed E-state index contributed by atoms with van der Waals surface area (Å²) >= 11 is 6.30. The molecule has 0 aromatic heterocycles. The topological polar surface area (TPSA) is 67.9 Å². The molecule has 2 aliphatic carbocycles. The van der Waals surface area contributed by atoms with Gasteiger partial charge >= 0.3 is 0 Å². The molecule has 204 valence electrons. The molecule has 9 heteroatoms. The van der Waals surface area contributed by atoms with Crippen LogP contribution in [0.2, 0.25) is 5.02 Å². The SMILES string of the molecule is COc1cc(C(=O)NC[C@]23CCC[C@H]2CN(C(=O)C2(c4cccc(Cl)c4)CCCC2)C3)c(F)c(OC)c1F. The van der Waals surface area contributed by atoms with Gasteiger partial charge in [-0.25, -0.2) is 4.39 Å². The highest BCUT2D eigenvalue weighted by Gasteiger charge is 2.54. The lowest BCUT2D eigenvalue weighted by Crippen LogP contribution is -2.46. The van der Waals surface area contributed by atoms with E-state index in [0.29, 0.717) is 24.7 Å². The van der Waals surface area contributed by atoms with Gasteiger partial charge in [0, 0.05) is 30.1 Å². The minimum absolute atomic E-state index is 0.136. The Kier molecular flexibility index (Phi) is 7.29. The Bertz CT molecular complexity index is 1250. The van der Waals surface area contributed by atoms with Crippen molar-refractivity contribution in [3.63, 3.8) is 0 Å². The van der Waals surface area contributed by atoms with Gasteiger partial charge in [-0.15, -0.1) is 0 Å². The molecular formula is C29H33ClF2N2O4. The molecule has 0 radical (unpaired) electrons. The summed E-state index contributed by atoms with van der Waals surface area (Å²) in [5.41, 5.74) is -0.230. The second-order valence-corrected chi connectivity index (χ2v) is 11.3. The van der Waals surface area contributed by atoms with Crippen LogP contribution in [0.3, 0.4) is 0 Å². The van der Waals surface area contributed by atoms with Crippen LogP contribution in [0.15, 0.2) is 30.3 Å². The number of hydrogen-bond donors (Lipinski definition) is 1. The predicted octanol–water partition coefficient (Wildman–Crippen LogP) is 5.51. The summed E-state index contributed by atoms with van der Waals surface area (Å²) in [5, 5.41) is 3.50. The first-order valence-corrected chi connectivity index (χ1v) is 13.6. The van der Waals surface area contributed by atoms with Crippen molar-refractivity contribution in [2.24, 2.45) is 11.3 Å². The molecule has 0 unspecified atom stereocenters. The summed E-state index contributed by atoms with van der Waals surface area (Å²) in [6.07, 6.45) is 6.42. The second kappa shape index (κ2) is 10.4. The van der Waals surface area contributed by atoms with Gasteiger partial charge in [0.25, 0.3) is 5.91 Å². The number of likely N-dealkylation sites (tertiary alicyclic amines) is 1. The highest BCUT2D eigenvalue weighted by atomic mass is 35.5. The lowest BCUT2D eigenvalue weighted by Gasteiger charge is -2.34. The quantitative estimate of drug-likeness (QED) is 0.497. The zero-order valence-corrected chi connectivity index (χ0v) is 22.5. The number of benzene rings is 2. The number of carbonyl (C=O) groups excluding carboxylic acids is 2. The first-order valence-electron chi connectivity index (χ1n) is 13.2. The Labute approximate surface area is 226 Å². The molecule has 3 fully saturated rings. The monoisotopic (exact) mass is 546 g/mol. The zero-order valence-electron chi connectivity index (χ0n) is 21.7. The van der Waals surface area contributed by atoms with Crippen LogP contribution in [0, 0.1) is 23.0 Å². The Balaban J connectivity index is 1.35. The number of hydrogen-bond acceptors (Lipinski definition) is 4. The van der Waals surface area contributed by atoms with Crippen molar-refractivity contribution < 1.29 is 27.8 Å². The highest BCUT2D eigenvalue weighted by Crippen LogP contribution is 2.51. The van der Waals surface area contributed by atoms with Crippen molar-refractivity contribution in [1.29, 1.82) is 0 Å². The smallest absolute Gasteiger partial charge is 0.254 e. The number of carbonyl (C=O) groups is 2. The molecule has 1 heterocycles. The summed E-state index contributed by atoms with van der Waals surface area (Å²) < 4.78 is 39.0. The van der Waals surface area contributed by atoms with Crippen LogP contribution in [-0.2, 0) is 10.2 Å². The largest absolute Gasteiger partial charge is 0.494 e.